The Hall–Kier alpha value is -3.75. The molecule has 35 heavy (non-hydrogen) atoms. The van der Waals surface area contributed by atoms with E-state index >= 15 is 0 Å². The largest absolute Gasteiger partial charge is 0.497 e. The highest BCUT2D eigenvalue weighted by Crippen LogP contribution is 2.33. The second kappa shape index (κ2) is 9.85. The molecule has 0 aliphatic carbocycles. The van der Waals surface area contributed by atoms with Crippen molar-refractivity contribution in [2.45, 2.75) is 32.2 Å². The van der Waals surface area contributed by atoms with Gasteiger partial charge in [0.05, 0.1) is 24.9 Å². The molecular formula is C26H26F2N4O3. The number of halogens is 2. The van der Waals surface area contributed by atoms with Gasteiger partial charge in [-0.2, -0.15) is 4.98 Å². The number of aromatic nitrogens is 2. The number of carbonyl (C=O) groups is 1. The van der Waals surface area contributed by atoms with Crippen LogP contribution in [0.25, 0.3) is 0 Å². The number of hydrogen-bond donors (Lipinski definition) is 0. The van der Waals surface area contributed by atoms with Crippen LogP contribution >= 0.6 is 0 Å². The van der Waals surface area contributed by atoms with Crippen LogP contribution in [-0.4, -0.2) is 47.5 Å². The van der Waals surface area contributed by atoms with E-state index in [9.17, 15) is 13.6 Å². The number of rotatable bonds is 5. The fourth-order valence-corrected chi connectivity index (χ4v) is 4.48. The SMILES string of the molecule is COc1ccc(Oc2nc(N3CCCCC3)nc3c2CN(C(=O)c2c(F)cccc2F)CC3)cc1. The maximum absolute atomic E-state index is 14.3. The minimum atomic E-state index is -0.882. The predicted molar refractivity (Wildman–Crippen MR) is 126 cm³/mol. The predicted octanol–water partition coefficient (Wildman–Crippen LogP) is 4.74. The number of benzene rings is 2. The Balaban J connectivity index is 1.49. The van der Waals surface area contributed by atoms with Crippen LogP contribution in [0, 0.1) is 11.6 Å². The Morgan fingerprint density at radius 1 is 0.914 bits per heavy atom. The van der Waals surface area contributed by atoms with Crippen molar-refractivity contribution in [1.82, 2.24) is 14.9 Å². The normalized spacial score (nSPS) is 15.5. The number of hydrogen-bond acceptors (Lipinski definition) is 6. The van der Waals surface area contributed by atoms with Gasteiger partial charge in [0.15, 0.2) is 0 Å². The quantitative estimate of drug-likeness (QED) is 0.525. The van der Waals surface area contributed by atoms with Crippen molar-refractivity contribution in [2.24, 2.45) is 0 Å². The van der Waals surface area contributed by atoms with E-state index in [1.54, 1.807) is 31.4 Å². The number of methoxy groups -OCH3 is 1. The zero-order valence-corrected chi connectivity index (χ0v) is 19.5. The fraction of sp³-hybridized carbons (Fsp3) is 0.346. The van der Waals surface area contributed by atoms with Crippen molar-refractivity contribution in [3.05, 3.63) is 70.9 Å². The molecule has 2 aromatic carbocycles. The molecular weight excluding hydrogens is 454 g/mol. The van der Waals surface area contributed by atoms with Gasteiger partial charge in [0, 0.05) is 26.1 Å². The first-order valence-corrected chi connectivity index (χ1v) is 11.7. The summed E-state index contributed by atoms with van der Waals surface area (Å²) in [6.45, 7) is 2.13. The third-order valence-corrected chi connectivity index (χ3v) is 6.39. The molecule has 1 saturated heterocycles. The van der Waals surface area contributed by atoms with Gasteiger partial charge in [-0.15, -0.1) is 0 Å². The lowest BCUT2D eigenvalue weighted by atomic mass is 10.0. The molecule has 0 saturated carbocycles. The smallest absolute Gasteiger partial charge is 0.260 e. The first-order chi connectivity index (χ1) is 17.0. The molecule has 3 heterocycles. The summed E-state index contributed by atoms with van der Waals surface area (Å²) < 4.78 is 40.0. The van der Waals surface area contributed by atoms with Gasteiger partial charge < -0.3 is 19.3 Å². The summed E-state index contributed by atoms with van der Waals surface area (Å²) in [5, 5.41) is 0. The van der Waals surface area contributed by atoms with Gasteiger partial charge >= 0.3 is 0 Å². The molecule has 1 amide bonds. The minimum absolute atomic E-state index is 0.0910. The second-order valence-electron chi connectivity index (χ2n) is 8.65. The molecule has 0 bridgehead atoms. The highest BCUT2D eigenvalue weighted by atomic mass is 19.1. The van der Waals surface area contributed by atoms with Crippen molar-refractivity contribution in [3.63, 3.8) is 0 Å². The third-order valence-electron chi connectivity index (χ3n) is 6.39. The van der Waals surface area contributed by atoms with Gasteiger partial charge in [0.2, 0.25) is 11.8 Å². The van der Waals surface area contributed by atoms with Crippen LogP contribution in [0.2, 0.25) is 0 Å². The van der Waals surface area contributed by atoms with E-state index in [0.29, 0.717) is 35.3 Å². The number of amides is 1. The maximum Gasteiger partial charge on any atom is 0.260 e. The fourth-order valence-electron chi connectivity index (χ4n) is 4.48. The van der Waals surface area contributed by atoms with Gasteiger partial charge in [-0.05, 0) is 55.7 Å². The summed E-state index contributed by atoms with van der Waals surface area (Å²) in [5.74, 6) is -0.278. The molecule has 182 valence electrons. The Labute approximate surface area is 202 Å². The average molecular weight is 481 g/mol. The van der Waals surface area contributed by atoms with Crippen LogP contribution < -0.4 is 14.4 Å². The van der Waals surface area contributed by atoms with E-state index < -0.39 is 23.1 Å². The lowest BCUT2D eigenvalue weighted by molar-refractivity contribution is 0.0722. The maximum atomic E-state index is 14.3. The molecule has 1 aromatic heterocycles. The second-order valence-corrected chi connectivity index (χ2v) is 8.65. The highest BCUT2D eigenvalue weighted by Gasteiger charge is 2.31. The van der Waals surface area contributed by atoms with Crippen LogP contribution in [0.4, 0.5) is 14.7 Å². The molecule has 3 aromatic rings. The summed E-state index contributed by atoms with van der Waals surface area (Å²) in [4.78, 5) is 26.1. The first-order valence-electron chi connectivity index (χ1n) is 11.7. The number of anilines is 1. The number of piperidine rings is 1. The molecule has 0 radical (unpaired) electrons. The highest BCUT2D eigenvalue weighted by molar-refractivity contribution is 5.95. The van der Waals surface area contributed by atoms with Crippen molar-refractivity contribution >= 4 is 11.9 Å². The van der Waals surface area contributed by atoms with Crippen LogP contribution in [0.1, 0.15) is 40.9 Å². The van der Waals surface area contributed by atoms with E-state index in [-0.39, 0.29) is 13.1 Å². The van der Waals surface area contributed by atoms with Crippen LogP contribution in [0.5, 0.6) is 17.4 Å². The summed E-state index contributed by atoms with van der Waals surface area (Å²) in [6, 6.07) is 10.5. The Bertz CT molecular complexity index is 1210. The molecule has 0 atom stereocenters. The zero-order chi connectivity index (χ0) is 24.4. The molecule has 0 unspecified atom stereocenters. The standard InChI is InChI=1S/C26H26F2N4O3/c1-34-17-8-10-18(11-9-17)35-24-19-16-32(25(33)23-20(27)6-5-7-21(23)28)15-12-22(19)29-26(30-24)31-13-3-2-4-14-31/h5-11H,2-4,12-16H2,1H3. The van der Waals surface area contributed by atoms with Gasteiger partial charge in [0.1, 0.15) is 28.7 Å². The summed E-state index contributed by atoms with van der Waals surface area (Å²) in [6.07, 6.45) is 3.76. The van der Waals surface area contributed by atoms with Crippen molar-refractivity contribution in [2.75, 3.05) is 31.6 Å². The number of carbonyl (C=O) groups excluding carboxylic acids is 1. The first kappa shape index (κ1) is 23.0. The molecule has 9 heteroatoms. The molecule has 5 rings (SSSR count). The van der Waals surface area contributed by atoms with Crippen LogP contribution in [0.3, 0.4) is 0 Å². The van der Waals surface area contributed by atoms with Crippen molar-refractivity contribution in [1.29, 1.82) is 0 Å². The topological polar surface area (TPSA) is 67.8 Å². The lowest BCUT2D eigenvalue weighted by Crippen LogP contribution is -2.38. The summed E-state index contributed by atoms with van der Waals surface area (Å²) in [7, 11) is 1.59. The van der Waals surface area contributed by atoms with Gasteiger partial charge in [-0.3, -0.25) is 4.79 Å². The molecule has 0 spiro atoms. The van der Waals surface area contributed by atoms with E-state index in [2.05, 4.69) is 4.90 Å². The number of nitrogens with zero attached hydrogens (tertiary/aromatic N) is 4. The Morgan fingerprint density at radius 2 is 1.60 bits per heavy atom. The van der Waals surface area contributed by atoms with Gasteiger partial charge in [0.25, 0.3) is 5.91 Å². The van der Waals surface area contributed by atoms with Crippen LogP contribution in [-0.2, 0) is 13.0 Å². The van der Waals surface area contributed by atoms with Crippen LogP contribution in [0.15, 0.2) is 42.5 Å². The molecule has 1 fully saturated rings. The Morgan fingerprint density at radius 3 is 2.29 bits per heavy atom. The number of fused-ring (bicyclic) bond motifs is 1. The van der Waals surface area contributed by atoms with Gasteiger partial charge in [-0.25, -0.2) is 13.8 Å². The van der Waals surface area contributed by atoms with E-state index in [1.807, 2.05) is 0 Å². The molecule has 7 nitrogen and oxygen atoms in total. The molecule has 2 aliphatic heterocycles. The van der Waals surface area contributed by atoms with E-state index in [4.69, 9.17) is 19.4 Å². The number of ether oxygens (including phenoxy) is 2. The zero-order valence-electron chi connectivity index (χ0n) is 19.5. The molecule has 2 aliphatic rings. The third kappa shape index (κ3) is 4.76. The summed E-state index contributed by atoms with van der Waals surface area (Å²) >= 11 is 0. The molecule has 0 N–H and O–H groups in total. The average Bonchev–Trinajstić information content (AvgIpc) is 2.89. The van der Waals surface area contributed by atoms with Crippen molar-refractivity contribution < 1.29 is 23.0 Å². The Kier molecular flexibility index (Phi) is 6.48. The minimum Gasteiger partial charge on any atom is -0.497 e. The van der Waals surface area contributed by atoms with E-state index in [1.165, 1.54) is 17.4 Å². The van der Waals surface area contributed by atoms with E-state index in [0.717, 1.165) is 43.8 Å². The summed E-state index contributed by atoms with van der Waals surface area (Å²) in [5.41, 5.74) is 0.861. The van der Waals surface area contributed by atoms with Gasteiger partial charge in [-0.1, -0.05) is 6.07 Å². The lowest BCUT2D eigenvalue weighted by Gasteiger charge is -2.32. The van der Waals surface area contributed by atoms with Crippen molar-refractivity contribution in [3.8, 4) is 17.4 Å². The monoisotopic (exact) mass is 480 g/mol.